The molecule has 0 aromatic heterocycles. The molecule has 0 unspecified atom stereocenters. The molecule has 0 rings (SSSR count). The van der Waals surface area contributed by atoms with Crippen molar-refractivity contribution in [1.29, 1.82) is 0 Å². The van der Waals surface area contributed by atoms with Crippen molar-refractivity contribution in [3.05, 3.63) is 0 Å². The molecule has 12 heteroatoms. The SMILES string of the molecule is O=C([O-])CC(CC(=O)[O-])(CC(=O)[O-])C(=O)[O-].[Na+].[Na+].[Na+].[Na+]. The van der Waals surface area contributed by atoms with Crippen molar-refractivity contribution >= 4 is 23.9 Å². The van der Waals surface area contributed by atoms with Crippen LogP contribution in [0.5, 0.6) is 0 Å². The Morgan fingerprint density at radius 1 is 0.600 bits per heavy atom. The molecule has 0 atom stereocenters. The number of hydrogen-bond acceptors (Lipinski definition) is 8. The van der Waals surface area contributed by atoms with Gasteiger partial charge in [0, 0.05) is 29.3 Å². The normalized spacial score (nSPS) is 8.60. The molecule has 0 saturated carbocycles. The van der Waals surface area contributed by atoms with Gasteiger partial charge in [-0.25, -0.2) is 0 Å². The van der Waals surface area contributed by atoms with E-state index in [-0.39, 0.29) is 118 Å². The van der Waals surface area contributed by atoms with E-state index in [0.29, 0.717) is 0 Å². The van der Waals surface area contributed by atoms with Gasteiger partial charge in [-0.1, -0.05) is 0 Å². The summed E-state index contributed by atoms with van der Waals surface area (Å²) < 4.78 is 0. The van der Waals surface area contributed by atoms with Gasteiger partial charge < -0.3 is 39.6 Å². The van der Waals surface area contributed by atoms with E-state index in [0.717, 1.165) is 0 Å². The van der Waals surface area contributed by atoms with Gasteiger partial charge in [0.2, 0.25) is 0 Å². The molecule has 0 aromatic rings. The van der Waals surface area contributed by atoms with Crippen molar-refractivity contribution in [2.45, 2.75) is 19.3 Å². The van der Waals surface area contributed by atoms with E-state index in [9.17, 15) is 39.6 Å². The van der Waals surface area contributed by atoms with E-state index in [1.807, 2.05) is 0 Å². The fourth-order valence-corrected chi connectivity index (χ4v) is 1.23. The summed E-state index contributed by atoms with van der Waals surface area (Å²) in [6.07, 6.45) is -3.92. The number of carboxylic acid groups (broad SMARTS) is 4. The average molecular weight is 322 g/mol. The third kappa shape index (κ3) is 13.5. The van der Waals surface area contributed by atoms with Crippen LogP contribution >= 0.6 is 0 Å². The van der Waals surface area contributed by atoms with Crippen molar-refractivity contribution in [2.24, 2.45) is 5.41 Å². The number of carbonyl (C=O) groups excluding carboxylic acids is 4. The standard InChI is InChI=1S/C8H10O8.4Na/c9-4(10)1-8(7(15)16,2-5(11)12)3-6(13)14;;;;/h1-3H2,(H,9,10)(H,11,12)(H,13,14)(H,15,16);;;;/q;4*+1/p-4. The molecule has 0 spiro atoms. The minimum absolute atomic E-state index is 0. The molecule has 0 saturated heterocycles. The predicted molar refractivity (Wildman–Crippen MR) is 36.3 cm³/mol. The smallest absolute Gasteiger partial charge is 0.550 e. The van der Waals surface area contributed by atoms with Gasteiger partial charge in [-0.3, -0.25) is 0 Å². The minimum atomic E-state index is -2.61. The molecule has 0 aliphatic carbocycles. The summed E-state index contributed by atoms with van der Waals surface area (Å²) in [6.45, 7) is 0. The monoisotopic (exact) mass is 322 g/mol. The molecule has 20 heavy (non-hydrogen) atoms. The zero-order valence-electron chi connectivity index (χ0n) is 11.9. The fourth-order valence-electron chi connectivity index (χ4n) is 1.23. The van der Waals surface area contributed by atoms with Crippen molar-refractivity contribution in [2.75, 3.05) is 0 Å². The van der Waals surface area contributed by atoms with Crippen LogP contribution in [0.25, 0.3) is 0 Å². The minimum Gasteiger partial charge on any atom is -0.550 e. The predicted octanol–water partition coefficient (Wildman–Crippen LogP) is -17.8. The molecule has 8 nitrogen and oxygen atoms in total. The fraction of sp³-hybridized carbons (Fsp3) is 0.500. The van der Waals surface area contributed by atoms with E-state index >= 15 is 0 Å². The van der Waals surface area contributed by atoms with Crippen LogP contribution in [0, 0.1) is 5.41 Å². The van der Waals surface area contributed by atoms with Crippen LogP contribution in [-0.2, 0) is 19.2 Å². The largest absolute Gasteiger partial charge is 1.00 e. The summed E-state index contributed by atoms with van der Waals surface area (Å²) in [5, 5.41) is 41.4. The molecule has 0 heterocycles. The molecular weight excluding hydrogens is 316 g/mol. The quantitative estimate of drug-likeness (QED) is 0.417. The van der Waals surface area contributed by atoms with Crippen LogP contribution in [0.4, 0.5) is 0 Å². The van der Waals surface area contributed by atoms with Crippen LogP contribution in [0.15, 0.2) is 0 Å². The van der Waals surface area contributed by atoms with Crippen molar-refractivity contribution < 1.29 is 158 Å². The van der Waals surface area contributed by atoms with Crippen LogP contribution < -0.4 is 139 Å². The zero-order chi connectivity index (χ0) is 12.9. The van der Waals surface area contributed by atoms with Crippen LogP contribution in [0.3, 0.4) is 0 Å². The third-order valence-electron chi connectivity index (χ3n) is 1.88. The number of rotatable bonds is 7. The van der Waals surface area contributed by atoms with Crippen LogP contribution in [0.2, 0.25) is 0 Å². The summed E-state index contributed by atoms with van der Waals surface area (Å²) in [4.78, 5) is 41.4. The van der Waals surface area contributed by atoms with E-state index in [2.05, 4.69) is 0 Å². The summed E-state index contributed by atoms with van der Waals surface area (Å²) in [6, 6.07) is 0. The maximum atomic E-state index is 10.6. The van der Waals surface area contributed by atoms with Crippen LogP contribution in [-0.4, -0.2) is 23.9 Å². The molecule has 0 amide bonds. The van der Waals surface area contributed by atoms with E-state index in [1.165, 1.54) is 0 Å². The first-order valence-electron chi connectivity index (χ1n) is 4.00. The van der Waals surface area contributed by atoms with Crippen LogP contribution in [0.1, 0.15) is 19.3 Å². The number of carboxylic acids is 4. The molecule has 0 aliphatic rings. The number of aliphatic carboxylic acids is 4. The second-order valence-corrected chi connectivity index (χ2v) is 3.21. The van der Waals surface area contributed by atoms with E-state index in [1.54, 1.807) is 0 Å². The topological polar surface area (TPSA) is 161 Å². The van der Waals surface area contributed by atoms with Gasteiger partial charge in [-0.05, 0) is 19.3 Å². The van der Waals surface area contributed by atoms with Gasteiger partial charge in [-0.15, -0.1) is 0 Å². The number of hydrogen-bond donors (Lipinski definition) is 0. The van der Waals surface area contributed by atoms with Gasteiger partial charge in [0.1, 0.15) is 0 Å². The second-order valence-electron chi connectivity index (χ2n) is 3.21. The average Bonchev–Trinajstić information content (AvgIpc) is 1.98. The molecule has 0 N–H and O–H groups in total. The summed E-state index contributed by atoms with van der Waals surface area (Å²) in [5.41, 5.74) is -2.61. The molecule has 0 aliphatic heterocycles. The zero-order valence-corrected chi connectivity index (χ0v) is 19.9. The maximum absolute atomic E-state index is 10.6. The molecule has 90 valence electrons. The van der Waals surface area contributed by atoms with Gasteiger partial charge in [-0.2, -0.15) is 0 Å². The molecule has 0 bridgehead atoms. The van der Waals surface area contributed by atoms with E-state index in [4.69, 9.17) is 0 Å². The molecule has 0 aromatic carbocycles. The Morgan fingerprint density at radius 3 is 0.900 bits per heavy atom. The van der Waals surface area contributed by atoms with E-state index < -0.39 is 48.6 Å². The van der Waals surface area contributed by atoms with Gasteiger partial charge in [0.05, 0.1) is 0 Å². The van der Waals surface area contributed by atoms with Crippen molar-refractivity contribution in [3.63, 3.8) is 0 Å². The molecule has 0 radical (unpaired) electrons. The van der Waals surface area contributed by atoms with Gasteiger partial charge >= 0.3 is 118 Å². The third-order valence-corrected chi connectivity index (χ3v) is 1.88. The summed E-state index contributed by atoms with van der Waals surface area (Å²) in [7, 11) is 0. The van der Waals surface area contributed by atoms with Crippen molar-refractivity contribution in [3.8, 4) is 0 Å². The second kappa shape index (κ2) is 15.8. The Morgan fingerprint density at radius 2 is 0.800 bits per heavy atom. The molecular formula is C8H6Na4O8. The number of carbonyl (C=O) groups is 4. The first-order chi connectivity index (χ1) is 7.19. The Labute approximate surface area is 203 Å². The first-order valence-corrected chi connectivity index (χ1v) is 4.00. The Hall–Kier alpha value is 1.88. The first kappa shape index (κ1) is 33.5. The molecule has 0 fully saturated rings. The van der Waals surface area contributed by atoms with Gasteiger partial charge in [0.25, 0.3) is 0 Å². The Bertz CT molecular complexity index is 305. The Balaban J connectivity index is -0.000000187. The summed E-state index contributed by atoms with van der Waals surface area (Å²) in [5.74, 6) is -7.85. The summed E-state index contributed by atoms with van der Waals surface area (Å²) >= 11 is 0. The maximum Gasteiger partial charge on any atom is 1.00 e. The van der Waals surface area contributed by atoms with Gasteiger partial charge in [0.15, 0.2) is 0 Å². The van der Waals surface area contributed by atoms with Crippen molar-refractivity contribution in [1.82, 2.24) is 0 Å². The Kier molecular flexibility index (Phi) is 26.4.